The summed E-state index contributed by atoms with van der Waals surface area (Å²) in [5, 5.41) is 15.9. The molecule has 144 valence electrons. The second-order valence-electron chi connectivity index (χ2n) is 5.83. The first-order chi connectivity index (χ1) is 13.2. The van der Waals surface area contributed by atoms with Gasteiger partial charge in [-0.1, -0.05) is 11.6 Å². The van der Waals surface area contributed by atoms with E-state index in [2.05, 4.69) is 10.6 Å². The molecule has 9 heteroatoms. The van der Waals surface area contributed by atoms with Crippen LogP contribution >= 0.6 is 11.6 Å². The minimum Gasteiger partial charge on any atom is -0.322 e. The summed E-state index contributed by atoms with van der Waals surface area (Å²) in [6, 6.07) is 10.1. The van der Waals surface area contributed by atoms with Gasteiger partial charge in [-0.25, -0.2) is 0 Å². The normalized spacial score (nSPS) is 10.9. The lowest BCUT2D eigenvalue weighted by atomic mass is 10.1. The summed E-state index contributed by atoms with van der Waals surface area (Å²) in [5.41, 5.74) is 0.937. The Morgan fingerprint density at radius 3 is 2.18 bits per heavy atom. The van der Waals surface area contributed by atoms with Gasteiger partial charge in [-0.15, -0.1) is 0 Å². The van der Waals surface area contributed by atoms with Crippen molar-refractivity contribution in [2.24, 2.45) is 0 Å². The molecule has 0 atom stereocenters. The Kier molecular flexibility index (Phi) is 6.62. The number of ketones is 1. The zero-order valence-electron chi connectivity index (χ0n) is 15.0. The first-order valence-corrected chi connectivity index (χ1v) is 8.40. The highest BCUT2D eigenvalue weighted by atomic mass is 35.5. The number of anilines is 2. The summed E-state index contributed by atoms with van der Waals surface area (Å²) >= 11 is 5.72. The number of hydrogen-bond donors (Lipinski definition) is 2. The van der Waals surface area contributed by atoms with Crippen molar-refractivity contribution >= 4 is 46.3 Å². The van der Waals surface area contributed by atoms with Crippen molar-refractivity contribution in [2.75, 3.05) is 10.6 Å². The fraction of sp³-hybridized carbons (Fsp3) is 0.105. The molecule has 2 aromatic rings. The number of nitro groups is 1. The van der Waals surface area contributed by atoms with E-state index < -0.39 is 16.7 Å². The number of carbonyl (C=O) groups is 3. The summed E-state index contributed by atoms with van der Waals surface area (Å²) in [7, 11) is 0. The maximum Gasteiger partial charge on any atom is 0.289 e. The standard InChI is InChI=1S/C19H16ClN3O5/c1-11(19(26)22-14-5-3-13(4-6-14)12(2)24)9-18(25)21-15-7-8-16(20)17(10-15)23(27)28/h3-10H,1-2H3,(H,21,25)(H,22,26)/b11-9-. The van der Waals surface area contributed by atoms with Crippen molar-refractivity contribution in [3.05, 3.63) is 74.8 Å². The minimum atomic E-state index is -0.663. The van der Waals surface area contributed by atoms with Crippen LogP contribution in [-0.2, 0) is 9.59 Å². The lowest BCUT2D eigenvalue weighted by Gasteiger charge is -2.07. The average Bonchev–Trinajstić information content (AvgIpc) is 2.63. The molecule has 0 saturated carbocycles. The van der Waals surface area contributed by atoms with Crippen molar-refractivity contribution in [1.29, 1.82) is 0 Å². The van der Waals surface area contributed by atoms with Gasteiger partial charge in [0.05, 0.1) is 4.92 Å². The number of halogens is 1. The first-order valence-electron chi connectivity index (χ1n) is 8.03. The highest BCUT2D eigenvalue weighted by molar-refractivity contribution is 6.32. The van der Waals surface area contributed by atoms with Gasteiger partial charge in [0.25, 0.3) is 11.6 Å². The highest BCUT2D eigenvalue weighted by Crippen LogP contribution is 2.27. The first kappa shape index (κ1) is 20.8. The third-order valence-corrected chi connectivity index (χ3v) is 3.99. The van der Waals surface area contributed by atoms with E-state index in [0.717, 1.165) is 12.1 Å². The van der Waals surface area contributed by atoms with Gasteiger partial charge >= 0.3 is 0 Å². The molecular formula is C19H16ClN3O5. The number of nitrogens with zero attached hydrogens (tertiary/aromatic N) is 1. The van der Waals surface area contributed by atoms with Crippen LogP contribution in [0.5, 0.6) is 0 Å². The molecular weight excluding hydrogens is 386 g/mol. The average molecular weight is 402 g/mol. The maximum atomic E-state index is 12.2. The third-order valence-electron chi connectivity index (χ3n) is 3.67. The highest BCUT2D eigenvalue weighted by Gasteiger charge is 2.14. The summed E-state index contributed by atoms with van der Waals surface area (Å²) in [5.74, 6) is -1.22. The van der Waals surface area contributed by atoms with E-state index in [0.29, 0.717) is 11.3 Å². The molecule has 0 aliphatic heterocycles. The lowest BCUT2D eigenvalue weighted by molar-refractivity contribution is -0.384. The molecule has 0 radical (unpaired) electrons. The van der Waals surface area contributed by atoms with Gasteiger partial charge in [0.1, 0.15) is 5.02 Å². The van der Waals surface area contributed by atoms with Crippen LogP contribution < -0.4 is 10.6 Å². The number of amides is 2. The maximum absolute atomic E-state index is 12.2. The van der Waals surface area contributed by atoms with Crippen molar-refractivity contribution in [3.8, 4) is 0 Å². The molecule has 0 aromatic heterocycles. The second-order valence-corrected chi connectivity index (χ2v) is 6.23. The molecule has 2 amide bonds. The van der Waals surface area contributed by atoms with E-state index in [1.165, 1.54) is 26.0 Å². The zero-order valence-corrected chi connectivity index (χ0v) is 15.7. The van der Waals surface area contributed by atoms with Crippen LogP contribution in [0.1, 0.15) is 24.2 Å². The molecule has 0 fully saturated rings. The molecule has 8 nitrogen and oxygen atoms in total. The predicted octanol–water partition coefficient (Wildman–Crippen LogP) is 3.97. The largest absolute Gasteiger partial charge is 0.322 e. The minimum absolute atomic E-state index is 0.0510. The fourth-order valence-electron chi connectivity index (χ4n) is 2.19. The van der Waals surface area contributed by atoms with Crippen LogP contribution in [0.15, 0.2) is 54.1 Å². The van der Waals surface area contributed by atoms with Crippen LogP contribution in [0.2, 0.25) is 5.02 Å². The van der Waals surface area contributed by atoms with E-state index in [1.807, 2.05) is 0 Å². The Hall–Kier alpha value is -3.52. The number of nitrogens with one attached hydrogen (secondary N) is 2. The zero-order chi connectivity index (χ0) is 20.8. The number of carbonyl (C=O) groups excluding carboxylic acids is 3. The molecule has 28 heavy (non-hydrogen) atoms. The fourth-order valence-corrected chi connectivity index (χ4v) is 2.38. The molecule has 0 spiro atoms. The van der Waals surface area contributed by atoms with Gasteiger partial charge in [-0.2, -0.15) is 0 Å². The van der Waals surface area contributed by atoms with E-state index in [1.54, 1.807) is 24.3 Å². The predicted molar refractivity (Wildman–Crippen MR) is 106 cm³/mol. The summed E-state index contributed by atoms with van der Waals surface area (Å²) in [4.78, 5) is 45.7. The quantitative estimate of drug-likeness (QED) is 0.328. The molecule has 0 heterocycles. The van der Waals surface area contributed by atoms with Gasteiger partial charge in [-0.05, 0) is 50.2 Å². The summed E-state index contributed by atoms with van der Waals surface area (Å²) in [6.07, 6.45) is 1.07. The Morgan fingerprint density at radius 2 is 1.61 bits per heavy atom. The van der Waals surface area contributed by atoms with Crippen molar-refractivity contribution < 1.29 is 19.3 Å². The number of rotatable bonds is 6. The van der Waals surface area contributed by atoms with E-state index in [9.17, 15) is 24.5 Å². The van der Waals surface area contributed by atoms with Crippen molar-refractivity contribution in [1.82, 2.24) is 0 Å². The van der Waals surface area contributed by atoms with E-state index in [-0.39, 0.29) is 27.8 Å². The van der Waals surface area contributed by atoms with Crippen molar-refractivity contribution in [3.63, 3.8) is 0 Å². The SMILES string of the molecule is CC(=O)c1ccc(NC(=O)/C(C)=C\C(=O)Nc2ccc(Cl)c([N+](=O)[O-])c2)cc1. The molecule has 2 rings (SSSR count). The molecule has 0 unspecified atom stereocenters. The molecule has 0 aliphatic rings. The monoisotopic (exact) mass is 401 g/mol. The Labute approximate surface area is 165 Å². The number of Topliss-reactive ketones (excluding diaryl/α,β-unsaturated/α-hetero) is 1. The van der Waals surface area contributed by atoms with E-state index >= 15 is 0 Å². The van der Waals surface area contributed by atoms with Crippen molar-refractivity contribution in [2.45, 2.75) is 13.8 Å². The van der Waals surface area contributed by atoms with Gasteiger partial charge in [0, 0.05) is 34.7 Å². The second kappa shape index (κ2) is 8.92. The Bertz CT molecular complexity index is 984. The topological polar surface area (TPSA) is 118 Å². The number of hydrogen-bond acceptors (Lipinski definition) is 5. The van der Waals surface area contributed by atoms with Crippen LogP contribution in [0, 0.1) is 10.1 Å². The van der Waals surface area contributed by atoms with Gasteiger partial charge in [0.15, 0.2) is 5.78 Å². The number of nitro benzene ring substituents is 1. The molecule has 2 N–H and O–H groups in total. The van der Waals surface area contributed by atoms with Crippen LogP contribution in [0.25, 0.3) is 0 Å². The van der Waals surface area contributed by atoms with Gasteiger partial charge in [-0.3, -0.25) is 24.5 Å². The van der Waals surface area contributed by atoms with Gasteiger partial charge in [0.2, 0.25) is 5.91 Å². The molecule has 0 saturated heterocycles. The van der Waals surface area contributed by atoms with Crippen LogP contribution in [-0.4, -0.2) is 22.5 Å². The summed E-state index contributed by atoms with van der Waals surface area (Å²) < 4.78 is 0. The molecule has 2 aromatic carbocycles. The number of benzene rings is 2. The van der Waals surface area contributed by atoms with Gasteiger partial charge < -0.3 is 10.6 Å². The van der Waals surface area contributed by atoms with Crippen LogP contribution in [0.4, 0.5) is 17.1 Å². The smallest absolute Gasteiger partial charge is 0.289 e. The molecule has 0 bridgehead atoms. The Balaban J connectivity index is 2.04. The summed E-state index contributed by atoms with van der Waals surface area (Å²) in [6.45, 7) is 2.89. The lowest BCUT2D eigenvalue weighted by Crippen LogP contribution is -2.16. The van der Waals surface area contributed by atoms with Crippen LogP contribution in [0.3, 0.4) is 0 Å². The third kappa shape index (κ3) is 5.49. The Morgan fingerprint density at radius 1 is 1.00 bits per heavy atom. The molecule has 0 aliphatic carbocycles. The van der Waals surface area contributed by atoms with E-state index in [4.69, 9.17) is 11.6 Å².